The van der Waals surface area contributed by atoms with E-state index in [1.165, 1.54) is 30.9 Å². The van der Waals surface area contributed by atoms with Crippen LogP contribution in [0.15, 0.2) is 188 Å². The van der Waals surface area contributed by atoms with Crippen molar-refractivity contribution in [3.8, 4) is 62.1 Å². The van der Waals surface area contributed by atoms with Gasteiger partial charge in [-0.2, -0.15) is 0 Å². The fourth-order valence-electron chi connectivity index (χ4n) is 7.92. The van der Waals surface area contributed by atoms with E-state index in [0.717, 1.165) is 55.7 Å². The SMILES string of the molecule is c1ccc(-c2ccc(-c3nc(-c4ccccc4)nc(-c4cncc(-c5cccc6c5sc5ccccc56)c4)n3)c(-n3c4ccccc4c4ccccc43)c2)cc1. The molecule has 0 N–H and O–H groups in total. The van der Waals surface area contributed by atoms with E-state index in [2.05, 4.69) is 150 Å². The van der Waals surface area contributed by atoms with Gasteiger partial charge in [-0.1, -0.05) is 140 Å². The highest BCUT2D eigenvalue weighted by atomic mass is 32.1. The van der Waals surface area contributed by atoms with E-state index in [0.29, 0.717) is 17.5 Å². The minimum Gasteiger partial charge on any atom is -0.308 e. The number of nitrogens with zero attached hydrogens (tertiary/aromatic N) is 5. The smallest absolute Gasteiger partial charge is 0.166 e. The molecule has 11 rings (SSSR count). The van der Waals surface area contributed by atoms with E-state index in [-0.39, 0.29) is 0 Å². The first-order valence-corrected chi connectivity index (χ1v) is 19.4. The number of benzene rings is 7. The molecule has 0 aliphatic rings. The van der Waals surface area contributed by atoms with Gasteiger partial charge in [-0.15, -0.1) is 11.3 Å². The summed E-state index contributed by atoms with van der Waals surface area (Å²) in [6.07, 6.45) is 3.79. The fraction of sp³-hybridized carbons (Fsp3) is 0. The highest BCUT2D eigenvalue weighted by Crippen LogP contribution is 2.41. The molecular formula is C50H31N5S. The van der Waals surface area contributed by atoms with E-state index < -0.39 is 0 Å². The van der Waals surface area contributed by atoms with Gasteiger partial charge in [0, 0.05) is 71.2 Å². The highest BCUT2D eigenvalue weighted by Gasteiger charge is 2.21. The Bertz CT molecular complexity index is 3200. The normalized spacial score (nSPS) is 11.6. The lowest BCUT2D eigenvalue weighted by molar-refractivity contribution is 1.06. The first kappa shape index (κ1) is 32.2. The van der Waals surface area contributed by atoms with Crippen LogP contribution in [-0.2, 0) is 0 Å². The van der Waals surface area contributed by atoms with Crippen molar-refractivity contribution < 1.29 is 0 Å². The van der Waals surface area contributed by atoms with Crippen LogP contribution in [0.5, 0.6) is 0 Å². The lowest BCUT2D eigenvalue weighted by atomic mass is 10.0. The van der Waals surface area contributed by atoms with Crippen LogP contribution in [0, 0.1) is 0 Å². The standard InChI is InChI=1S/C50H31N5S/c1-3-14-32(15-4-1)34-26-27-42(45(29-34)55-43-23-10-7-18-38(43)39-19-8-11-24-44(39)55)50-53-48(33-16-5-2-6-17-33)52-49(54-50)36-28-35(30-51-31-36)37-21-13-22-41-40-20-9-12-25-46(40)56-47(37)41/h1-31H. The fourth-order valence-corrected chi connectivity index (χ4v) is 9.16. The second-order valence-corrected chi connectivity index (χ2v) is 14.9. The average molecular weight is 734 g/mol. The van der Waals surface area contributed by atoms with Crippen LogP contribution in [0.2, 0.25) is 0 Å². The number of hydrogen-bond donors (Lipinski definition) is 0. The number of hydrogen-bond acceptors (Lipinski definition) is 5. The van der Waals surface area contributed by atoms with Crippen molar-refractivity contribution in [2.45, 2.75) is 0 Å². The molecule has 7 aromatic carbocycles. The molecule has 11 aromatic rings. The third-order valence-corrected chi connectivity index (χ3v) is 11.8. The van der Waals surface area contributed by atoms with E-state index in [9.17, 15) is 0 Å². The van der Waals surface area contributed by atoms with Gasteiger partial charge in [0.1, 0.15) is 0 Å². The Labute approximate surface area is 326 Å². The highest BCUT2D eigenvalue weighted by molar-refractivity contribution is 7.26. The topological polar surface area (TPSA) is 56.5 Å². The number of thiophene rings is 1. The quantitative estimate of drug-likeness (QED) is 0.171. The maximum atomic E-state index is 5.29. The predicted molar refractivity (Wildman–Crippen MR) is 232 cm³/mol. The van der Waals surface area contributed by atoms with Crippen molar-refractivity contribution in [2.24, 2.45) is 0 Å². The largest absolute Gasteiger partial charge is 0.308 e. The van der Waals surface area contributed by atoms with Crippen LogP contribution < -0.4 is 0 Å². The van der Waals surface area contributed by atoms with Gasteiger partial charge >= 0.3 is 0 Å². The molecule has 0 fully saturated rings. The zero-order valence-corrected chi connectivity index (χ0v) is 30.9. The maximum Gasteiger partial charge on any atom is 0.166 e. The van der Waals surface area contributed by atoms with Gasteiger partial charge in [0.2, 0.25) is 0 Å². The number of aromatic nitrogens is 5. The van der Waals surface area contributed by atoms with E-state index in [1.807, 2.05) is 54.1 Å². The zero-order chi connectivity index (χ0) is 37.0. The lowest BCUT2D eigenvalue weighted by Gasteiger charge is -2.16. The summed E-state index contributed by atoms with van der Waals surface area (Å²) in [5.41, 5.74) is 10.3. The summed E-state index contributed by atoms with van der Waals surface area (Å²) in [4.78, 5) is 20.4. The summed E-state index contributed by atoms with van der Waals surface area (Å²) in [5, 5.41) is 4.90. The summed E-state index contributed by atoms with van der Waals surface area (Å²) in [5.74, 6) is 1.75. The molecule has 4 heterocycles. The third kappa shape index (κ3) is 5.38. The summed E-state index contributed by atoms with van der Waals surface area (Å²) < 4.78 is 4.86. The number of pyridine rings is 1. The van der Waals surface area contributed by atoms with Gasteiger partial charge in [-0.25, -0.2) is 15.0 Å². The molecule has 6 heteroatoms. The second kappa shape index (κ2) is 13.2. The van der Waals surface area contributed by atoms with E-state index in [4.69, 9.17) is 19.9 Å². The average Bonchev–Trinajstić information content (AvgIpc) is 3.83. The molecule has 0 saturated heterocycles. The van der Waals surface area contributed by atoms with E-state index >= 15 is 0 Å². The monoisotopic (exact) mass is 733 g/mol. The van der Waals surface area contributed by atoms with Crippen molar-refractivity contribution in [3.63, 3.8) is 0 Å². The van der Waals surface area contributed by atoms with Gasteiger partial charge in [0.15, 0.2) is 17.5 Å². The van der Waals surface area contributed by atoms with Crippen LogP contribution in [0.3, 0.4) is 0 Å². The van der Waals surface area contributed by atoms with Crippen molar-refractivity contribution >= 4 is 53.3 Å². The molecule has 262 valence electrons. The van der Waals surface area contributed by atoms with Gasteiger partial charge in [0.05, 0.1) is 16.7 Å². The molecule has 0 spiro atoms. The Morgan fingerprint density at radius 2 is 0.964 bits per heavy atom. The maximum absolute atomic E-state index is 5.29. The summed E-state index contributed by atoms with van der Waals surface area (Å²) >= 11 is 1.81. The van der Waals surface area contributed by atoms with Crippen LogP contribution in [0.1, 0.15) is 0 Å². The van der Waals surface area contributed by atoms with Crippen molar-refractivity contribution in [1.29, 1.82) is 0 Å². The van der Waals surface area contributed by atoms with E-state index in [1.54, 1.807) is 0 Å². The molecule has 0 atom stereocenters. The minimum absolute atomic E-state index is 0.562. The molecule has 4 aromatic heterocycles. The van der Waals surface area contributed by atoms with Crippen molar-refractivity contribution in [2.75, 3.05) is 0 Å². The molecule has 0 saturated carbocycles. The first-order chi connectivity index (χ1) is 27.8. The first-order valence-electron chi connectivity index (χ1n) is 18.6. The summed E-state index contributed by atoms with van der Waals surface area (Å²) in [6.45, 7) is 0. The van der Waals surface area contributed by atoms with Gasteiger partial charge < -0.3 is 4.57 Å². The van der Waals surface area contributed by atoms with Crippen LogP contribution >= 0.6 is 11.3 Å². The Balaban J connectivity index is 1.15. The lowest BCUT2D eigenvalue weighted by Crippen LogP contribution is -2.04. The molecule has 0 bridgehead atoms. The zero-order valence-electron chi connectivity index (χ0n) is 30.0. The minimum atomic E-state index is 0.562. The van der Waals surface area contributed by atoms with Gasteiger partial charge in [-0.05, 0) is 47.5 Å². The number of para-hydroxylation sites is 2. The second-order valence-electron chi connectivity index (χ2n) is 13.9. The molecule has 0 radical (unpaired) electrons. The molecule has 0 aliphatic carbocycles. The van der Waals surface area contributed by atoms with Crippen LogP contribution in [-0.4, -0.2) is 24.5 Å². The van der Waals surface area contributed by atoms with Crippen molar-refractivity contribution in [1.82, 2.24) is 24.5 Å². The van der Waals surface area contributed by atoms with Gasteiger partial charge in [0.25, 0.3) is 0 Å². The number of fused-ring (bicyclic) bond motifs is 6. The third-order valence-electron chi connectivity index (χ3n) is 10.5. The van der Waals surface area contributed by atoms with Crippen molar-refractivity contribution in [3.05, 3.63) is 188 Å². The Morgan fingerprint density at radius 3 is 1.71 bits per heavy atom. The predicted octanol–water partition coefficient (Wildman–Crippen LogP) is 13.1. The van der Waals surface area contributed by atoms with Gasteiger partial charge in [-0.3, -0.25) is 4.98 Å². The Morgan fingerprint density at radius 1 is 0.375 bits per heavy atom. The summed E-state index contributed by atoms with van der Waals surface area (Å²) in [7, 11) is 0. The molecule has 0 unspecified atom stereocenters. The van der Waals surface area contributed by atoms with Crippen LogP contribution in [0.4, 0.5) is 0 Å². The summed E-state index contributed by atoms with van der Waals surface area (Å²) in [6, 6.07) is 61.7. The Kier molecular flexibility index (Phi) is 7.60. The molecular weight excluding hydrogens is 703 g/mol. The number of rotatable bonds is 6. The molecule has 56 heavy (non-hydrogen) atoms. The Hall–Kier alpha value is -7.28. The molecule has 5 nitrogen and oxygen atoms in total. The molecule has 0 aliphatic heterocycles. The molecule has 0 amide bonds. The van der Waals surface area contributed by atoms with Crippen LogP contribution in [0.25, 0.3) is 104 Å².